The van der Waals surface area contributed by atoms with Crippen LogP contribution < -0.4 is 0 Å². The van der Waals surface area contributed by atoms with E-state index in [2.05, 4.69) is 9.97 Å². The van der Waals surface area contributed by atoms with E-state index in [9.17, 15) is 4.79 Å². The van der Waals surface area contributed by atoms with Gasteiger partial charge in [0.1, 0.15) is 10.8 Å². The lowest BCUT2D eigenvalue weighted by Gasteiger charge is -2.54. The van der Waals surface area contributed by atoms with Gasteiger partial charge < -0.3 is 9.64 Å². The number of nitrogens with zero attached hydrogens (tertiary/aromatic N) is 3. The molecule has 1 aliphatic carbocycles. The molecule has 3 fully saturated rings. The van der Waals surface area contributed by atoms with Gasteiger partial charge in [-0.3, -0.25) is 4.98 Å². The summed E-state index contributed by atoms with van der Waals surface area (Å²) in [6.45, 7) is 5.69. The first-order valence-electron chi connectivity index (χ1n) is 7.32. The number of piperidine rings is 1. The Balaban J connectivity index is 1.64. The number of aromatic nitrogens is 2. The average molecular weight is 310 g/mol. The van der Waals surface area contributed by atoms with Gasteiger partial charge in [0.15, 0.2) is 0 Å². The number of hydrogen-bond donors (Lipinski definition) is 0. The number of fused-ring (bicyclic) bond motifs is 2. The number of rotatable bonds is 1. The molecular formula is C15H20ClN3O2. The zero-order valence-corrected chi connectivity index (χ0v) is 13.3. The molecule has 5 nitrogen and oxygen atoms in total. The molecule has 1 aromatic heterocycles. The minimum absolute atomic E-state index is 0.190. The van der Waals surface area contributed by atoms with Crippen LogP contribution in [0.15, 0.2) is 12.4 Å². The lowest BCUT2D eigenvalue weighted by atomic mass is 9.73. The maximum absolute atomic E-state index is 12.2. The summed E-state index contributed by atoms with van der Waals surface area (Å²) >= 11 is 5.77. The molecule has 2 atom stereocenters. The van der Waals surface area contributed by atoms with Crippen molar-refractivity contribution < 1.29 is 9.53 Å². The maximum atomic E-state index is 12.2. The highest BCUT2D eigenvalue weighted by Crippen LogP contribution is 2.45. The van der Waals surface area contributed by atoms with Crippen molar-refractivity contribution in [3.05, 3.63) is 23.2 Å². The van der Waals surface area contributed by atoms with Gasteiger partial charge in [-0.1, -0.05) is 11.6 Å². The fraction of sp³-hybridized carbons (Fsp3) is 0.667. The molecule has 2 bridgehead atoms. The zero-order valence-electron chi connectivity index (χ0n) is 12.5. The van der Waals surface area contributed by atoms with Crippen molar-refractivity contribution in [3.8, 4) is 0 Å². The second kappa shape index (κ2) is 5.13. The Morgan fingerprint density at radius 1 is 1.24 bits per heavy atom. The number of ether oxygens (including phenoxy) is 1. The first kappa shape index (κ1) is 14.6. The fourth-order valence-corrected chi connectivity index (χ4v) is 3.36. The van der Waals surface area contributed by atoms with Gasteiger partial charge in [-0.15, -0.1) is 0 Å². The molecule has 3 heterocycles. The van der Waals surface area contributed by atoms with Crippen LogP contribution in [0, 0.1) is 0 Å². The van der Waals surface area contributed by atoms with Crippen LogP contribution in [-0.4, -0.2) is 38.6 Å². The quantitative estimate of drug-likeness (QED) is 0.798. The van der Waals surface area contributed by atoms with Gasteiger partial charge in [-0.25, -0.2) is 9.78 Å². The van der Waals surface area contributed by atoms with Crippen LogP contribution in [0.1, 0.15) is 51.6 Å². The van der Waals surface area contributed by atoms with Crippen LogP contribution in [0.2, 0.25) is 5.15 Å². The predicted molar refractivity (Wildman–Crippen MR) is 79.3 cm³/mol. The van der Waals surface area contributed by atoms with E-state index in [0.717, 1.165) is 25.0 Å². The third-order valence-electron chi connectivity index (χ3n) is 4.11. The molecule has 1 aromatic rings. The number of amides is 1. The summed E-state index contributed by atoms with van der Waals surface area (Å²) in [5, 5.41) is 0.412. The normalized spacial score (nSPS) is 28.0. The minimum Gasteiger partial charge on any atom is -0.444 e. The van der Waals surface area contributed by atoms with Gasteiger partial charge in [0.2, 0.25) is 0 Å². The predicted octanol–water partition coefficient (Wildman–Crippen LogP) is 3.39. The molecule has 4 rings (SSSR count). The Morgan fingerprint density at radius 2 is 1.90 bits per heavy atom. The van der Waals surface area contributed by atoms with E-state index in [0.29, 0.717) is 11.1 Å². The fourth-order valence-electron chi connectivity index (χ4n) is 3.26. The van der Waals surface area contributed by atoms with E-state index in [4.69, 9.17) is 16.3 Å². The first-order valence-corrected chi connectivity index (χ1v) is 7.70. The second-order valence-electron chi connectivity index (χ2n) is 6.86. The molecule has 1 amide bonds. The van der Waals surface area contributed by atoms with Gasteiger partial charge in [-0.2, -0.15) is 0 Å². The van der Waals surface area contributed by atoms with Crippen LogP contribution in [0.4, 0.5) is 4.79 Å². The van der Waals surface area contributed by atoms with Crippen molar-refractivity contribution in [2.24, 2.45) is 0 Å². The molecule has 0 radical (unpaired) electrons. The van der Waals surface area contributed by atoms with Crippen LogP contribution in [0.5, 0.6) is 0 Å². The maximum Gasteiger partial charge on any atom is 0.410 e. The van der Waals surface area contributed by atoms with Crippen molar-refractivity contribution in [2.45, 2.75) is 63.6 Å². The van der Waals surface area contributed by atoms with Gasteiger partial charge in [-0.05, 0) is 40.0 Å². The molecule has 2 unspecified atom stereocenters. The molecule has 1 saturated carbocycles. The van der Waals surface area contributed by atoms with Crippen molar-refractivity contribution in [2.75, 3.05) is 0 Å². The molecule has 0 spiro atoms. The van der Waals surface area contributed by atoms with Gasteiger partial charge in [0, 0.05) is 18.0 Å². The SMILES string of the molecule is CC(C)(C)OC(=O)N1C2CC(c3cnc(Cl)cn3)CC1C2. The molecule has 2 saturated heterocycles. The molecule has 0 N–H and O–H groups in total. The highest BCUT2D eigenvalue weighted by atomic mass is 35.5. The van der Waals surface area contributed by atoms with Crippen molar-refractivity contribution in [1.29, 1.82) is 0 Å². The summed E-state index contributed by atoms with van der Waals surface area (Å²) in [6, 6.07) is 0.530. The molecule has 6 heteroatoms. The summed E-state index contributed by atoms with van der Waals surface area (Å²) in [5.41, 5.74) is 0.528. The zero-order chi connectivity index (χ0) is 15.2. The van der Waals surface area contributed by atoms with Gasteiger partial charge in [0.25, 0.3) is 0 Å². The summed E-state index contributed by atoms with van der Waals surface area (Å²) in [4.78, 5) is 22.5. The number of carbonyl (C=O) groups is 1. The van der Waals surface area contributed by atoms with Gasteiger partial charge >= 0.3 is 6.09 Å². The van der Waals surface area contributed by atoms with Crippen molar-refractivity contribution in [3.63, 3.8) is 0 Å². The van der Waals surface area contributed by atoms with Crippen LogP contribution in [0.25, 0.3) is 0 Å². The topological polar surface area (TPSA) is 55.3 Å². The van der Waals surface area contributed by atoms with E-state index >= 15 is 0 Å². The van der Waals surface area contributed by atoms with Crippen LogP contribution in [-0.2, 0) is 4.74 Å². The number of hydrogen-bond acceptors (Lipinski definition) is 4. The third kappa shape index (κ3) is 2.98. The van der Waals surface area contributed by atoms with E-state index in [1.165, 1.54) is 0 Å². The van der Waals surface area contributed by atoms with Crippen LogP contribution >= 0.6 is 11.6 Å². The highest BCUT2D eigenvalue weighted by molar-refractivity contribution is 6.29. The largest absolute Gasteiger partial charge is 0.444 e. The number of carbonyl (C=O) groups excluding carboxylic acids is 1. The smallest absolute Gasteiger partial charge is 0.410 e. The third-order valence-corrected chi connectivity index (χ3v) is 4.30. The van der Waals surface area contributed by atoms with E-state index in [-0.39, 0.29) is 18.2 Å². The molecule has 21 heavy (non-hydrogen) atoms. The highest BCUT2D eigenvalue weighted by Gasteiger charge is 2.49. The van der Waals surface area contributed by atoms with Crippen LogP contribution in [0.3, 0.4) is 0 Å². The monoisotopic (exact) mass is 309 g/mol. The lowest BCUT2D eigenvalue weighted by molar-refractivity contribution is -0.0567. The standard InChI is InChI=1S/C15H20ClN3O2/c1-15(2,3)21-14(20)19-10-4-9(5-11(19)6-10)12-7-18-13(16)8-17-12/h7-11H,4-6H2,1-3H3. The Bertz CT molecular complexity index is 529. The summed E-state index contributed by atoms with van der Waals surface area (Å²) in [5.74, 6) is 0.359. The molecule has 0 aromatic carbocycles. The summed E-state index contributed by atoms with van der Waals surface area (Å²) < 4.78 is 5.48. The number of halogens is 1. The van der Waals surface area contributed by atoms with E-state index in [1.54, 1.807) is 12.4 Å². The lowest BCUT2D eigenvalue weighted by Crippen LogP contribution is -2.63. The summed E-state index contributed by atoms with van der Waals surface area (Å²) in [6.07, 6.45) is 6.05. The van der Waals surface area contributed by atoms with Gasteiger partial charge in [0.05, 0.1) is 18.1 Å². The Labute approximate surface area is 129 Å². The second-order valence-corrected chi connectivity index (χ2v) is 7.25. The first-order chi connectivity index (χ1) is 9.83. The molecule has 114 valence electrons. The Hall–Kier alpha value is -1.36. The van der Waals surface area contributed by atoms with E-state index < -0.39 is 5.60 Å². The van der Waals surface area contributed by atoms with Crippen molar-refractivity contribution in [1.82, 2.24) is 14.9 Å². The molecule has 2 aliphatic heterocycles. The minimum atomic E-state index is -0.442. The Morgan fingerprint density at radius 3 is 2.43 bits per heavy atom. The van der Waals surface area contributed by atoms with E-state index in [1.807, 2.05) is 25.7 Å². The molecule has 3 aliphatic rings. The molecular weight excluding hydrogens is 290 g/mol. The van der Waals surface area contributed by atoms with Crippen molar-refractivity contribution >= 4 is 17.7 Å². The average Bonchev–Trinajstić information content (AvgIpc) is 2.37. The Kier molecular flexibility index (Phi) is 3.56. The summed E-state index contributed by atoms with van der Waals surface area (Å²) in [7, 11) is 0.